The molecule has 2 aromatic rings. The molecule has 2 aromatic carbocycles. The van der Waals surface area contributed by atoms with Gasteiger partial charge in [0.2, 0.25) is 0 Å². The number of halogens is 4. The fourth-order valence-electron chi connectivity index (χ4n) is 1.68. The summed E-state index contributed by atoms with van der Waals surface area (Å²) in [5.41, 5.74) is 1.07. The molecule has 0 aliphatic rings. The zero-order valence-electron chi connectivity index (χ0n) is 11.9. The van der Waals surface area contributed by atoms with Crippen LogP contribution < -0.4 is 10.2 Å². The zero-order valence-corrected chi connectivity index (χ0v) is 14.9. The Bertz CT molecular complexity index is 764. The normalized spacial score (nSPS) is 10.8. The Hall–Kier alpha value is -1.46. The molecule has 120 valence electrons. The Balaban J connectivity index is 2.35. The third-order valence-electron chi connectivity index (χ3n) is 2.84. The van der Waals surface area contributed by atoms with Crippen LogP contribution in [0, 0.1) is 0 Å². The summed E-state index contributed by atoms with van der Waals surface area (Å²) in [5, 5.41) is 4.06. The Labute approximate surface area is 153 Å². The molecule has 0 spiro atoms. The molecule has 0 aromatic heterocycles. The number of carbonyl (C=O) groups excluding carboxylic acids is 1. The summed E-state index contributed by atoms with van der Waals surface area (Å²) in [4.78, 5) is 17.6. The molecule has 0 aliphatic carbocycles. The van der Waals surface area contributed by atoms with Crippen molar-refractivity contribution in [3.8, 4) is 0 Å². The van der Waals surface area contributed by atoms with Crippen molar-refractivity contribution in [2.24, 2.45) is 4.99 Å². The van der Waals surface area contributed by atoms with Crippen molar-refractivity contribution in [3.05, 3.63) is 56.5 Å². The van der Waals surface area contributed by atoms with E-state index in [0.29, 0.717) is 31.5 Å². The lowest BCUT2D eigenvalue weighted by Gasteiger charge is -2.17. The minimum Gasteiger partial charge on any atom is -0.340 e. The van der Waals surface area contributed by atoms with E-state index >= 15 is 0 Å². The van der Waals surface area contributed by atoms with E-state index in [9.17, 15) is 4.79 Å². The van der Waals surface area contributed by atoms with E-state index in [2.05, 4.69) is 10.3 Å². The Morgan fingerprint density at radius 3 is 2.17 bits per heavy atom. The standard InChI is InChI=1S/C15H11Cl4N3O/c1-20-15(23)22(10-3-5-12(17)14(19)7-10)8-21-9-2-4-11(16)13(18)6-9/h2-8H,1H3,(H,20,23). The van der Waals surface area contributed by atoms with Gasteiger partial charge in [-0.25, -0.2) is 9.79 Å². The van der Waals surface area contributed by atoms with Gasteiger partial charge in [0.15, 0.2) is 0 Å². The molecule has 0 unspecified atom stereocenters. The van der Waals surface area contributed by atoms with E-state index in [0.717, 1.165) is 0 Å². The van der Waals surface area contributed by atoms with E-state index in [1.807, 2.05) is 0 Å². The van der Waals surface area contributed by atoms with Crippen LogP contribution >= 0.6 is 46.4 Å². The van der Waals surface area contributed by atoms with Crippen LogP contribution in [0.15, 0.2) is 41.4 Å². The molecule has 8 heteroatoms. The Kier molecular flexibility index (Phi) is 6.13. The van der Waals surface area contributed by atoms with Crippen molar-refractivity contribution in [2.45, 2.75) is 0 Å². The number of anilines is 1. The van der Waals surface area contributed by atoms with Crippen LogP contribution in [0.5, 0.6) is 0 Å². The molecule has 23 heavy (non-hydrogen) atoms. The number of hydrogen-bond acceptors (Lipinski definition) is 2. The first kappa shape index (κ1) is 17.9. The summed E-state index contributed by atoms with van der Waals surface area (Å²) in [7, 11) is 1.51. The fraction of sp³-hybridized carbons (Fsp3) is 0.0667. The maximum atomic E-state index is 12.1. The van der Waals surface area contributed by atoms with Crippen LogP contribution in [-0.2, 0) is 0 Å². The first-order valence-corrected chi connectivity index (χ1v) is 7.89. The van der Waals surface area contributed by atoms with Crippen molar-refractivity contribution in [3.63, 3.8) is 0 Å². The quantitative estimate of drug-likeness (QED) is 0.521. The number of nitrogens with zero attached hydrogens (tertiary/aromatic N) is 2. The summed E-state index contributed by atoms with van der Waals surface area (Å²) >= 11 is 23.7. The van der Waals surface area contributed by atoms with E-state index in [4.69, 9.17) is 46.4 Å². The van der Waals surface area contributed by atoms with Crippen LogP contribution in [0.4, 0.5) is 16.2 Å². The lowest BCUT2D eigenvalue weighted by Crippen LogP contribution is -2.37. The molecule has 2 amide bonds. The summed E-state index contributed by atoms with van der Waals surface area (Å²) < 4.78 is 0. The van der Waals surface area contributed by atoms with Crippen LogP contribution in [0.3, 0.4) is 0 Å². The van der Waals surface area contributed by atoms with Crippen molar-refractivity contribution in [1.29, 1.82) is 0 Å². The highest BCUT2D eigenvalue weighted by atomic mass is 35.5. The second-order valence-electron chi connectivity index (χ2n) is 4.37. The van der Waals surface area contributed by atoms with Gasteiger partial charge in [-0.2, -0.15) is 0 Å². The number of urea groups is 1. The predicted molar refractivity (Wildman–Crippen MR) is 98.0 cm³/mol. The van der Waals surface area contributed by atoms with E-state index in [-0.39, 0.29) is 6.03 Å². The number of aliphatic imine (C=N–C) groups is 1. The minimum atomic E-state index is -0.382. The lowest BCUT2D eigenvalue weighted by molar-refractivity contribution is 0.251. The molecule has 0 heterocycles. The highest BCUT2D eigenvalue weighted by Gasteiger charge is 2.13. The molecule has 4 nitrogen and oxygen atoms in total. The molecule has 0 saturated carbocycles. The van der Waals surface area contributed by atoms with E-state index in [1.165, 1.54) is 18.3 Å². The zero-order chi connectivity index (χ0) is 17.0. The van der Waals surface area contributed by atoms with Crippen molar-refractivity contribution in [1.82, 2.24) is 5.32 Å². The van der Waals surface area contributed by atoms with Gasteiger partial charge in [-0.1, -0.05) is 46.4 Å². The molecular formula is C15H11Cl4N3O. The highest BCUT2D eigenvalue weighted by Crippen LogP contribution is 2.28. The maximum absolute atomic E-state index is 12.1. The van der Waals surface area contributed by atoms with Gasteiger partial charge in [0.1, 0.15) is 6.34 Å². The smallest absolute Gasteiger partial charge is 0.326 e. The number of nitrogens with one attached hydrogen (secondary N) is 1. The average molecular weight is 391 g/mol. The molecule has 1 N–H and O–H groups in total. The highest BCUT2D eigenvalue weighted by molar-refractivity contribution is 6.42. The molecule has 0 atom stereocenters. The fourth-order valence-corrected chi connectivity index (χ4v) is 2.27. The van der Waals surface area contributed by atoms with Gasteiger partial charge < -0.3 is 5.32 Å². The molecular weight excluding hydrogens is 380 g/mol. The first-order chi connectivity index (χ1) is 10.9. The molecule has 2 rings (SSSR count). The van der Waals surface area contributed by atoms with Gasteiger partial charge >= 0.3 is 6.03 Å². The number of hydrogen-bond donors (Lipinski definition) is 1. The summed E-state index contributed by atoms with van der Waals surface area (Å²) in [6.07, 6.45) is 1.36. The van der Waals surface area contributed by atoms with Crippen LogP contribution in [0.1, 0.15) is 0 Å². The number of rotatable bonds is 3. The largest absolute Gasteiger partial charge is 0.340 e. The van der Waals surface area contributed by atoms with Gasteiger partial charge in [0, 0.05) is 7.05 Å². The molecule has 0 fully saturated rings. The van der Waals surface area contributed by atoms with Crippen molar-refractivity contribution < 1.29 is 4.79 Å². The van der Waals surface area contributed by atoms with Gasteiger partial charge in [-0.05, 0) is 36.4 Å². The van der Waals surface area contributed by atoms with Crippen LogP contribution in [0.2, 0.25) is 20.1 Å². The van der Waals surface area contributed by atoms with E-state index in [1.54, 1.807) is 36.4 Å². The monoisotopic (exact) mass is 389 g/mol. The molecule has 0 aliphatic heterocycles. The third kappa shape index (κ3) is 4.52. The third-order valence-corrected chi connectivity index (χ3v) is 4.32. The number of amides is 2. The van der Waals surface area contributed by atoms with Crippen molar-refractivity contribution >= 4 is 70.1 Å². The number of benzene rings is 2. The van der Waals surface area contributed by atoms with Gasteiger partial charge in [0.25, 0.3) is 0 Å². The summed E-state index contributed by atoms with van der Waals surface area (Å²) in [5.74, 6) is 0. The van der Waals surface area contributed by atoms with E-state index < -0.39 is 0 Å². The molecule has 0 radical (unpaired) electrons. The number of carbonyl (C=O) groups is 1. The van der Waals surface area contributed by atoms with Gasteiger partial charge in [0.05, 0.1) is 31.5 Å². The molecule has 0 bridgehead atoms. The average Bonchev–Trinajstić information content (AvgIpc) is 2.53. The van der Waals surface area contributed by atoms with Crippen molar-refractivity contribution in [2.75, 3.05) is 11.9 Å². The maximum Gasteiger partial charge on any atom is 0.326 e. The first-order valence-electron chi connectivity index (χ1n) is 6.37. The minimum absolute atomic E-state index is 0.334. The van der Waals surface area contributed by atoms with Crippen LogP contribution in [-0.4, -0.2) is 19.4 Å². The van der Waals surface area contributed by atoms with Crippen LogP contribution in [0.25, 0.3) is 0 Å². The topological polar surface area (TPSA) is 44.7 Å². The van der Waals surface area contributed by atoms with Gasteiger partial charge in [-0.3, -0.25) is 4.90 Å². The lowest BCUT2D eigenvalue weighted by atomic mass is 10.3. The second kappa shape index (κ2) is 7.88. The Morgan fingerprint density at radius 1 is 1.00 bits per heavy atom. The molecule has 0 saturated heterocycles. The van der Waals surface area contributed by atoms with Gasteiger partial charge in [-0.15, -0.1) is 0 Å². The summed E-state index contributed by atoms with van der Waals surface area (Å²) in [6, 6.07) is 9.35. The second-order valence-corrected chi connectivity index (χ2v) is 6.00. The summed E-state index contributed by atoms with van der Waals surface area (Å²) in [6.45, 7) is 0. The SMILES string of the molecule is CNC(=O)N(C=Nc1ccc(Cl)c(Cl)c1)c1ccc(Cl)c(Cl)c1. The predicted octanol–water partition coefficient (Wildman–Crippen LogP) is 5.81. The Morgan fingerprint density at radius 2 is 1.61 bits per heavy atom.